The van der Waals surface area contributed by atoms with Crippen LogP contribution < -0.4 is 11.0 Å². The van der Waals surface area contributed by atoms with E-state index in [1.807, 2.05) is 22.8 Å². The first-order chi connectivity index (χ1) is 13.2. The molecule has 6 heteroatoms. The van der Waals surface area contributed by atoms with E-state index in [9.17, 15) is 4.79 Å². The molecule has 27 heavy (non-hydrogen) atoms. The number of likely N-dealkylation sites (tertiary alicyclic amines) is 1. The lowest BCUT2D eigenvalue weighted by Gasteiger charge is -2.22. The molecular weight excluding hydrogens is 338 g/mol. The van der Waals surface area contributed by atoms with Crippen LogP contribution in [0.2, 0.25) is 0 Å². The van der Waals surface area contributed by atoms with Crippen LogP contribution in [0.25, 0.3) is 0 Å². The Balaban J connectivity index is 1.61. The van der Waals surface area contributed by atoms with Gasteiger partial charge in [-0.3, -0.25) is 4.57 Å². The molecule has 4 rings (SSSR count). The summed E-state index contributed by atoms with van der Waals surface area (Å²) < 4.78 is 3.68. The zero-order chi connectivity index (χ0) is 18.6. The van der Waals surface area contributed by atoms with E-state index in [0.717, 1.165) is 69.9 Å². The molecule has 0 bridgehead atoms. The van der Waals surface area contributed by atoms with Crippen molar-refractivity contribution < 1.29 is 0 Å². The Bertz CT molecular complexity index is 791. The maximum Gasteiger partial charge on any atom is 0.346 e. The van der Waals surface area contributed by atoms with Crippen LogP contribution in [-0.2, 0) is 13.1 Å². The zero-order valence-electron chi connectivity index (χ0n) is 16.3. The molecule has 0 aliphatic carbocycles. The molecule has 0 spiro atoms. The molecule has 2 aromatic rings. The predicted molar refractivity (Wildman–Crippen MR) is 107 cm³/mol. The highest BCUT2D eigenvalue weighted by atomic mass is 16.2. The van der Waals surface area contributed by atoms with Crippen LogP contribution >= 0.6 is 0 Å². The molecule has 0 radical (unpaired) electrons. The summed E-state index contributed by atoms with van der Waals surface area (Å²) in [4.78, 5) is 15.7. The first kappa shape index (κ1) is 18.4. The van der Waals surface area contributed by atoms with Crippen molar-refractivity contribution in [1.29, 1.82) is 0 Å². The smallest absolute Gasteiger partial charge is 0.317 e. The molecule has 3 heterocycles. The summed E-state index contributed by atoms with van der Waals surface area (Å²) in [5.41, 5.74) is 1.22. The van der Waals surface area contributed by atoms with Gasteiger partial charge in [-0.05, 0) is 56.9 Å². The van der Waals surface area contributed by atoms with Crippen molar-refractivity contribution >= 4 is 0 Å². The van der Waals surface area contributed by atoms with Crippen molar-refractivity contribution in [1.82, 2.24) is 24.6 Å². The summed E-state index contributed by atoms with van der Waals surface area (Å²) in [5, 5.41) is 8.28. The Kier molecular flexibility index (Phi) is 5.74. The van der Waals surface area contributed by atoms with Gasteiger partial charge in [-0.1, -0.05) is 37.3 Å². The van der Waals surface area contributed by atoms with Gasteiger partial charge in [0.25, 0.3) is 0 Å². The average Bonchev–Trinajstić information content (AvgIpc) is 3.29. The molecule has 0 saturated carbocycles. The monoisotopic (exact) mass is 369 g/mol. The molecule has 1 aromatic carbocycles. The van der Waals surface area contributed by atoms with Crippen molar-refractivity contribution in [3.8, 4) is 0 Å². The molecule has 2 fully saturated rings. The Hall–Kier alpha value is -1.92. The highest BCUT2D eigenvalue weighted by Gasteiger charge is 2.27. The van der Waals surface area contributed by atoms with E-state index in [4.69, 9.17) is 5.10 Å². The summed E-state index contributed by atoms with van der Waals surface area (Å²) in [6.45, 7) is 8.89. The summed E-state index contributed by atoms with van der Waals surface area (Å²) in [6.07, 6.45) is 3.27. The fraction of sp³-hybridized carbons (Fsp3) is 0.619. The van der Waals surface area contributed by atoms with E-state index in [1.165, 1.54) is 0 Å². The Labute approximate surface area is 161 Å². The third kappa shape index (κ3) is 4.17. The number of aromatic nitrogens is 3. The zero-order valence-corrected chi connectivity index (χ0v) is 16.3. The van der Waals surface area contributed by atoms with Gasteiger partial charge >= 0.3 is 5.69 Å². The lowest BCUT2D eigenvalue weighted by atomic mass is 9.97. The molecule has 0 unspecified atom stereocenters. The van der Waals surface area contributed by atoms with Crippen LogP contribution in [0.5, 0.6) is 0 Å². The van der Waals surface area contributed by atoms with Gasteiger partial charge in [0.05, 0.1) is 13.1 Å². The molecular formula is C21H31N5O. The second kappa shape index (κ2) is 8.40. The number of piperidine rings is 1. The van der Waals surface area contributed by atoms with E-state index >= 15 is 0 Å². The Morgan fingerprint density at radius 3 is 2.63 bits per heavy atom. The maximum absolute atomic E-state index is 13.2. The van der Waals surface area contributed by atoms with Crippen molar-refractivity contribution in [2.45, 2.75) is 45.2 Å². The largest absolute Gasteiger partial charge is 0.346 e. The fourth-order valence-electron chi connectivity index (χ4n) is 4.47. The van der Waals surface area contributed by atoms with Crippen LogP contribution in [0.4, 0.5) is 0 Å². The van der Waals surface area contributed by atoms with Crippen LogP contribution in [0.1, 0.15) is 43.5 Å². The summed E-state index contributed by atoms with van der Waals surface area (Å²) in [6, 6.07) is 10.3. The fourth-order valence-corrected chi connectivity index (χ4v) is 4.47. The van der Waals surface area contributed by atoms with E-state index in [-0.39, 0.29) is 5.69 Å². The lowest BCUT2D eigenvalue weighted by molar-refractivity contribution is 0.326. The number of nitrogens with one attached hydrogen (secondary N) is 1. The summed E-state index contributed by atoms with van der Waals surface area (Å²) in [7, 11) is 0. The van der Waals surface area contributed by atoms with Gasteiger partial charge < -0.3 is 10.2 Å². The lowest BCUT2D eigenvalue weighted by Crippen LogP contribution is -2.31. The number of nitrogens with zero attached hydrogens (tertiary/aromatic N) is 4. The first-order valence-corrected chi connectivity index (χ1v) is 10.4. The van der Waals surface area contributed by atoms with Gasteiger partial charge in [0.15, 0.2) is 0 Å². The van der Waals surface area contributed by atoms with Gasteiger partial charge in [0.1, 0.15) is 5.82 Å². The molecule has 2 saturated heterocycles. The van der Waals surface area contributed by atoms with Gasteiger partial charge in [0.2, 0.25) is 0 Å². The molecule has 2 aliphatic rings. The van der Waals surface area contributed by atoms with Crippen LogP contribution in [0.3, 0.4) is 0 Å². The predicted octanol–water partition coefficient (Wildman–Crippen LogP) is 1.90. The van der Waals surface area contributed by atoms with Crippen molar-refractivity contribution in [3.63, 3.8) is 0 Å². The van der Waals surface area contributed by atoms with Crippen molar-refractivity contribution in [2.24, 2.45) is 5.92 Å². The third-order valence-electron chi connectivity index (χ3n) is 6.09. The third-order valence-corrected chi connectivity index (χ3v) is 6.09. The second-order valence-electron chi connectivity index (χ2n) is 7.97. The summed E-state index contributed by atoms with van der Waals surface area (Å²) in [5.74, 6) is 1.89. The molecule has 0 amide bonds. The van der Waals surface area contributed by atoms with Gasteiger partial charge in [-0.25, -0.2) is 9.48 Å². The SMILES string of the molecule is CCN1CC[C@H](Cn2nc(C3CCNCC3)n(Cc3ccccc3)c2=O)C1. The minimum atomic E-state index is 0.0577. The number of hydrogen-bond donors (Lipinski definition) is 1. The van der Waals surface area contributed by atoms with Crippen molar-refractivity contribution in [2.75, 3.05) is 32.7 Å². The standard InChI is InChI=1S/C21H31N5O/c1-2-24-13-10-18(14-24)16-26-21(27)25(15-17-6-4-3-5-7-17)20(23-26)19-8-11-22-12-9-19/h3-7,18-19,22H,2,8-16H2,1H3/t18-/m0/s1. The van der Waals surface area contributed by atoms with E-state index < -0.39 is 0 Å². The molecule has 2 aliphatic heterocycles. The Morgan fingerprint density at radius 1 is 1.15 bits per heavy atom. The first-order valence-electron chi connectivity index (χ1n) is 10.4. The minimum absolute atomic E-state index is 0.0577. The highest BCUT2D eigenvalue weighted by molar-refractivity contribution is 5.16. The minimum Gasteiger partial charge on any atom is -0.317 e. The summed E-state index contributed by atoms with van der Waals surface area (Å²) >= 11 is 0. The average molecular weight is 370 g/mol. The quantitative estimate of drug-likeness (QED) is 0.845. The number of rotatable bonds is 6. The molecule has 146 valence electrons. The maximum atomic E-state index is 13.2. The van der Waals surface area contributed by atoms with E-state index in [0.29, 0.717) is 18.4 Å². The molecule has 1 atom stereocenters. The normalized spacial score (nSPS) is 21.7. The van der Waals surface area contributed by atoms with Crippen LogP contribution in [0, 0.1) is 5.92 Å². The van der Waals surface area contributed by atoms with Gasteiger partial charge in [0, 0.05) is 12.5 Å². The Morgan fingerprint density at radius 2 is 1.93 bits per heavy atom. The van der Waals surface area contributed by atoms with Gasteiger partial charge in [-0.2, -0.15) is 5.10 Å². The van der Waals surface area contributed by atoms with E-state index in [1.54, 1.807) is 4.68 Å². The highest BCUT2D eigenvalue weighted by Crippen LogP contribution is 2.24. The second-order valence-corrected chi connectivity index (χ2v) is 7.97. The number of hydrogen-bond acceptors (Lipinski definition) is 4. The topological polar surface area (TPSA) is 55.1 Å². The van der Waals surface area contributed by atoms with Crippen molar-refractivity contribution in [3.05, 3.63) is 52.2 Å². The molecule has 1 aromatic heterocycles. The van der Waals surface area contributed by atoms with Crippen LogP contribution in [0.15, 0.2) is 35.1 Å². The van der Waals surface area contributed by atoms with Gasteiger partial charge in [-0.15, -0.1) is 0 Å². The number of benzene rings is 1. The van der Waals surface area contributed by atoms with E-state index in [2.05, 4.69) is 29.3 Å². The molecule has 1 N–H and O–H groups in total. The molecule has 6 nitrogen and oxygen atoms in total. The van der Waals surface area contributed by atoms with Crippen LogP contribution in [-0.4, -0.2) is 52.0 Å².